The van der Waals surface area contributed by atoms with Crippen LogP contribution in [0.15, 0.2) is 47.5 Å². The molecule has 292 valence electrons. The van der Waals surface area contributed by atoms with E-state index in [1.165, 1.54) is 6.92 Å². The fourth-order valence-electron chi connectivity index (χ4n) is 8.76. The molecule has 56 heavy (non-hydrogen) atoms. The van der Waals surface area contributed by atoms with Gasteiger partial charge in [0.1, 0.15) is 17.5 Å². The fraction of sp³-hybridized carbons (Fsp3) is 0.463. The second-order valence-corrected chi connectivity index (χ2v) is 15.5. The molecule has 0 spiro atoms. The van der Waals surface area contributed by atoms with Crippen LogP contribution in [0.2, 0.25) is 0 Å². The van der Waals surface area contributed by atoms with Crippen molar-refractivity contribution in [1.29, 1.82) is 0 Å². The predicted molar refractivity (Wildman–Crippen MR) is 213 cm³/mol. The number of piperazine rings is 1. The van der Waals surface area contributed by atoms with Gasteiger partial charge in [0.2, 0.25) is 17.8 Å². The van der Waals surface area contributed by atoms with E-state index >= 15 is 0 Å². The van der Waals surface area contributed by atoms with Crippen LogP contribution in [-0.2, 0) is 16.1 Å². The van der Waals surface area contributed by atoms with Gasteiger partial charge in [-0.2, -0.15) is 4.98 Å². The van der Waals surface area contributed by atoms with Gasteiger partial charge in [-0.1, -0.05) is 12.8 Å². The Morgan fingerprint density at radius 1 is 0.982 bits per heavy atom. The van der Waals surface area contributed by atoms with Gasteiger partial charge in [-0.3, -0.25) is 38.8 Å². The molecule has 1 aliphatic carbocycles. The lowest BCUT2D eigenvalue weighted by molar-refractivity contribution is -0.136. The smallest absolute Gasteiger partial charge is 0.263 e. The second kappa shape index (κ2) is 15.4. The number of aryl methyl sites for hydroxylation is 1. The van der Waals surface area contributed by atoms with Crippen LogP contribution in [0.5, 0.6) is 0 Å². The Labute approximate surface area is 325 Å². The zero-order valence-corrected chi connectivity index (χ0v) is 32.2. The lowest BCUT2D eigenvalue weighted by Gasteiger charge is -2.36. The van der Waals surface area contributed by atoms with Gasteiger partial charge in [-0.15, -0.1) is 0 Å². The monoisotopic (exact) mass is 760 g/mol. The van der Waals surface area contributed by atoms with E-state index in [1.54, 1.807) is 22.6 Å². The SMILES string of the molecule is CC(=O)c1c(C)c2cnc(Nc3ccc(N4CCN(CCCN(C)c5ccc6c(c5)CN(C5CCC(=O)NC5=O)C6=O)CC4)cn3)nc2n(C2CCCC2)c1=O. The number of anilines is 4. The number of fused-ring (bicyclic) bond motifs is 2. The van der Waals surface area contributed by atoms with Crippen LogP contribution in [0.4, 0.5) is 23.1 Å². The van der Waals surface area contributed by atoms with Crippen LogP contribution in [0.25, 0.3) is 11.0 Å². The molecule has 4 aliphatic rings. The number of Topliss-reactive ketones (excluding diaryl/α,β-unsaturated/α-hetero) is 1. The largest absolute Gasteiger partial charge is 0.375 e. The molecule has 1 unspecified atom stereocenters. The molecule has 0 radical (unpaired) electrons. The van der Waals surface area contributed by atoms with Crippen molar-refractivity contribution < 1.29 is 19.2 Å². The first-order chi connectivity index (χ1) is 27.0. The highest BCUT2D eigenvalue weighted by atomic mass is 16.2. The maximum absolute atomic E-state index is 13.6. The highest BCUT2D eigenvalue weighted by Crippen LogP contribution is 2.33. The maximum Gasteiger partial charge on any atom is 0.263 e. The Hall–Kier alpha value is -5.70. The number of carbonyl (C=O) groups is 4. The molecule has 1 aromatic carbocycles. The number of nitrogens with one attached hydrogen (secondary N) is 2. The minimum Gasteiger partial charge on any atom is -0.375 e. The number of pyridine rings is 2. The Bertz CT molecular complexity index is 2260. The quantitative estimate of drug-likeness (QED) is 0.167. The molecular formula is C41H48N10O5. The summed E-state index contributed by atoms with van der Waals surface area (Å²) in [5.74, 6) is -0.132. The molecule has 1 atom stereocenters. The average molecular weight is 761 g/mol. The van der Waals surface area contributed by atoms with E-state index in [0.29, 0.717) is 46.9 Å². The third-order valence-corrected chi connectivity index (χ3v) is 11.9. The first-order valence-corrected chi connectivity index (χ1v) is 19.7. The van der Waals surface area contributed by atoms with Crippen molar-refractivity contribution in [3.05, 3.63) is 75.3 Å². The van der Waals surface area contributed by atoms with Crippen LogP contribution in [-0.4, -0.2) is 105 Å². The van der Waals surface area contributed by atoms with Gasteiger partial charge < -0.3 is 20.0 Å². The number of hydrogen-bond donors (Lipinski definition) is 2. The number of amides is 3. The predicted octanol–water partition coefficient (Wildman–Crippen LogP) is 3.97. The average Bonchev–Trinajstić information content (AvgIpc) is 3.83. The summed E-state index contributed by atoms with van der Waals surface area (Å²) in [6.07, 6.45) is 8.99. The van der Waals surface area contributed by atoms with E-state index in [4.69, 9.17) is 4.98 Å². The molecule has 3 fully saturated rings. The summed E-state index contributed by atoms with van der Waals surface area (Å²) in [4.78, 5) is 85.7. The van der Waals surface area contributed by atoms with Crippen LogP contribution >= 0.6 is 0 Å². The summed E-state index contributed by atoms with van der Waals surface area (Å²) in [7, 11) is 2.06. The van der Waals surface area contributed by atoms with E-state index < -0.39 is 11.9 Å². The Kier molecular flexibility index (Phi) is 10.3. The Morgan fingerprint density at radius 2 is 1.77 bits per heavy atom. The lowest BCUT2D eigenvalue weighted by Crippen LogP contribution is -2.52. The summed E-state index contributed by atoms with van der Waals surface area (Å²) in [6, 6.07) is 9.23. The molecule has 4 aromatic rings. The van der Waals surface area contributed by atoms with Gasteiger partial charge in [-0.25, -0.2) is 9.97 Å². The molecule has 3 aliphatic heterocycles. The normalized spacial score (nSPS) is 19.1. The van der Waals surface area contributed by atoms with Crippen LogP contribution in [0.3, 0.4) is 0 Å². The summed E-state index contributed by atoms with van der Waals surface area (Å²) in [5.41, 5.74) is 4.72. The number of hydrogen-bond acceptors (Lipinski definition) is 12. The van der Waals surface area contributed by atoms with E-state index in [2.05, 4.69) is 42.3 Å². The summed E-state index contributed by atoms with van der Waals surface area (Å²) in [6.45, 7) is 9.10. The van der Waals surface area contributed by atoms with E-state index in [9.17, 15) is 24.0 Å². The van der Waals surface area contributed by atoms with Crippen molar-refractivity contribution in [3.8, 4) is 0 Å². The number of piperidine rings is 1. The maximum atomic E-state index is 13.6. The van der Waals surface area contributed by atoms with Crippen molar-refractivity contribution in [2.45, 2.75) is 77.4 Å². The molecule has 6 heterocycles. The number of imide groups is 1. The highest BCUT2D eigenvalue weighted by Gasteiger charge is 2.39. The topological polar surface area (TPSA) is 166 Å². The molecule has 15 nitrogen and oxygen atoms in total. The first kappa shape index (κ1) is 37.2. The Morgan fingerprint density at radius 3 is 2.48 bits per heavy atom. The molecule has 3 amide bonds. The molecule has 2 saturated heterocycles. The van der Waals surface area contributed by atoms with Crippen molar-refractivity contribution in [2.75, 3.05) is 61.4 Å². The van der Waals surface area contributed by atoms with E-state index in [1.807, 2.05) is 36.5 Å². The Balaban J connectivity index is 0.830. The third kappa shape index (κ3) is 7.22. The molecule has 3 aromatic heterocycles. The van der Waals surface area contributed by atoms with Crippen LogP contribution in [0, 0.1) is 6.92 Å². The molecule has 1 saturated carbocycles. The number of nitrogens with zero attached hydrogens (tertiary/aromatic N) is 8. The van der Waals surface area contributed by atoms with E-state index in [0.717, 1.165) is 88.3 Å². The molecule has 8 rings (SSSR count). The van der Waals surface area contributed by atoms with Gasteiger partial charge in [0.25, 0.3) is 11.5 Å². The molecular weight excluding hydrogens is 713 g/mol. The van der Waals surface area contributed by atoms with Crippen molar-refractivity contribution in [3.63, 3.8) is 0 Å². The standard InChI is InChI=1S/C41H48N10O5/c1-25-32-23-43-41(46-37(32)51(28-7-4-5-8-28)40(56)36(25)26(2)52)44-34-13-10-30(22-42-34)49-19-17-48(18-20-49)16-6-15-47(3)29-9-11-31-27(21-29)24-50(39(31)55)33-12-14-35(53)45-38(33)54/h9-11,13,21-23,28,33H,4-8,12,14-20,24H2,1-3H3,(H,45,53,54)(H,42,43,44,46). The van der Waals surface area contributed by atoms with Crippen LogP contribution < -0.4 is 26.0 Å². The number of ketones is 1. The van der Waals surface area contributed by atoms with Crippen molar-refractivity contribution in [2.24, 2.45) is 0 Å². The fourth-order valence-corrected chi connectivity index (χ4v) is 8.76. The van der Waals surface area contributed by atoms with Gasteiger partial charge >= 0.3 is 0 Å². The minimum absolute atomic E-state index is 0.0122. The van der Waals surface area contributed by atoms with Gasteiger partial charge in [-0.05, 0) is 87.5 Å². The highest BCUT2D eigenvalue weighted by molar-refractivity contribution is 6.05. The van der Waals surface area contributed by atoms with Crippen molar-refractivity contribution >= 4 is 57.7 Å². The lowest BCUT2D eigenvalue weighted by atomic mass is 10.0. The van der Waals surface area contributed by atoms with Gasteiger partial charge in [0.05, 0.1) is 17.4 Å². The minimum atomic E-state index is -0.613. The van der Waals surface area contributed by atoms with Gasteiger partial charge in [0.15, 0.2) is 5.78 Å². The summed E-state index contributed by atoms with van der Waals surface area (Å²) in [5, 5.41) is 6.29. The molecule has 0 bridgehead atoms. The zero-order chi connectivity index (χ0) is 39.1. The third-order valence-electron chi connectivity index (χ3n) is 11.9. The van der Waals surface area contributed by atoms with Crippen molar-refractivity contribution in [1.82, 2.24) is 34.6 Å². The summed E-state index contributed by atoms with van der Waals surface area (Å²) < 4.78 is 1.72. The first-order valence-electron chi connectivity index (χ1n) is 19.7. The molecule has 15 heteroatoms. The van der Waals surface area contributed by atoms with Gasteiger partial charge in [0, 0.05) is 81.6 Å². The van der Waals surface area contributed by atoms with Crippen LogP contribution in [0.1, 0.15) is 89.8 Å². The summed E-state index contributed by atoms with van der Waals surface area (Å²) >= 11 is 0. The second-order valence-electron chi connectivity index (χ2n) is 15.5. The van der Waals surface area contributed by atoms with E-state index in [-0.39, 0.29) is 41.2 Å². The number of carbonyl (C=O) groups excluding carboxylic acids is 4. The molecule has 2 N–H and O–H groups in total. The number of rotatable bonds is 11. The number of aromatic nitrogens is 4. The zero-order valence-electron chi connectivity index (χ0n) is 32.2. The number of benzene rings is 1.